The first-order chi connectivity index (χ1) is 11.2. The fourth-order valence-corrected chi connectivity index (χ4v) is 4.41. The monoisotopic (exact) mass is 311 g/mol. The Bertz CT molecular complexity index is 755. The molecule has 0 spiro atoms. The van der Waals surface area contributed by atoms with Gasteiger partial charge < -0.3 is 9.52 Å². The highest BCUT2D eigenvalue weighted by molar-refractivity contribution is 5.30. The molecule has 0 radical (unpaired) electrons. The maximum atomic E-state index is 11.6. The number of hydrogen-bond donors (Lipinski definition) is 1. The van der Waals surface area contributed by atoms with Gasteiger partial charge in [-0.05, 0) is 24.3 Å². The van der Waals surface area contributed by atoms with Crippen molar-refractivity contribution < 1.29 is 9.52 Å². The molecule has 4 nitrogen and oxygen atoms in total. The molecular formula is C19H21NO3. The Morgan fingerprint density at radius 3 is 2.83 bits per heavy atom. The lowest BCUT2D eigenvalue weighted by molar-refractivity contribution is -0.124. The maximum Gasteiger partial charge on any atom is 0.226 e. The first-order valence-corrected chi connectivity index (χ1v) is 8.31. The number of benzene rings is 1. The molecule has 4 rings (SSSR count). The molecule has 1 saturated carbocycles. The second-order valence-corrected chi connectivity index (χ2v) is 6.71. The van der Waals surface area contributed by atoms with Crippen LogP contribution in [0.1, 0.15) is 37.0 Å². The minimum absolute atomic E-state index is 0.0793. The van der Waals surface area contributed by atoms with Crippen LogP contribution in [0.15, 0.2) is 51.9 Å². The van der Waals surface area contributed by atoms with Crippen LogP contribution >= 0.6 is 0 Å². The van der Waals surface area contributed by atoms with Gasteiger partial charge in [-0.3, -0.25) is 9.69 Å². The highest BCUT2D eigenvalue weighted by Crippen LogP contribution is 2.54. The van der Waals surface area contributed by atoms with E-state index in [1.807, 2.05) is 0 Å². The molecule has 1 aromatic heterocycles. The molecule has 2 heterocycles. The fraction of sp³-hybridized carbons (Fsp3) is 0.421. The molecule has 1 aliphatic carbocycles. The first kappa shape index (κ1) is 14.5. The van der Waals surface area contributed by atoms with Crippen LogP contribution in [0.25, 0.3) is 0 Å². The Labute approximate surface area is 135 Å². The summed E-state index contributed by atoms with van der Waals surface area (Å²) in [5, 5.41) is 9.35. The summed E-state index contributed by atoms with van der Waals surface area (Å²) in [5.74, 6) is 0.972. The van der Waals surface area contributed by atoms with Gasteiger partial charge in [-0.1, -0.05) is 43.2 Å². The molecule has 1 aliphatic heterocycles. The van der Waals surface area contributed by atoms with Crippen molar-refractivity contribution in [1.82, 2.24) is 4.90 Å². The van der Waals surface area contributed by atoms with Crippen molar-refractivity contribution in [2.45, 2.75) is 37.8 Å². The van der Waals surface area contributed by atoms with E-state index in [1.54, 1.807) is 0 Å². The van der Waals surface area contributed by atoms with Gasteiger partial charge in [-0.25, -0.2) is 0 Å². The maximum absolute atomic E-state index is 11.6. The average molecular weight is 311 g/mol. The van der Waals surface area contributed by atoms with Crippen molar-refractivity contribution in [3.05, 3.63) is 64.2 Å². The quantitative estimate of drug-likeness (QED) is 0.945. The lowest BCUT2D eigenvalue weighted by atomic mass is 9.61. The van der Waals surface area contributed by atoms with E-state index in [0.717, 1.165) is 19.2 Å². The van der Waals surface area contributed by atoms with Crippen LogP contribution < -0.4 is 5.43 Å². The highest BCUT2D eigenvalue weighted by Gasteiger charge is 2.54. The predicted octanol–water partition coefficient (Wildman–Crippen LogP) is 3.25. The molecule has 0 bridgehead atoms. The van der Waals surface area contributed by atoms with Gasteiger partial charge in [0.25, 0.3) is 0 Å². The summed E-state index contributed by atoms with van der Waals surface area (Å²) >= 11 is 0. The predicted molar refractivity (Wildman–Crippen MR) is 87.1 cm³/mol. The third-order valence-corrected chi connectivity index (χ3v) is 5.53. The van der Waals surface area contributed by atoms with Gasteiger partial charge >= 0.3 is 0 Å². The van der Waals surface area contributed by atoms with Gasteiger partial charge in [-0.2, -0.15) is 0 Å². The smallest absolute Gasteiger partial charge is 0.226 e. The van der Waals surface area contributed by atoms with Gasteiger partial charge in [0.05, 0.1) is 12.1 Å². The van der Waals surface area contributed by atoms with Crippen LogP contribution in [0.5, 0.6) is 5.75 Å². The molecule has 1 N–H and O–H groups in total. The highest BCUT2D eigenvalue weighted by atomic mass is 16.4. The van der Waals surface area contributed by atoms with Crippen LogP contribution in [0.2, 0.25) is 0 Å². The van der Waals surface area contributed by atoms with Crippen molar-refractivity contribution in [3.8, 4) is 5.75 Å². The third kappa shape index (κ3) is 2.29. The normalized spacial score (nSPS) is 27.2. The van der Waals surface area contributed by atoms with E-state index in [9.17, 15) is 9.90 Å². The Balaban J connectivity index is 1.66. The van der Waals surface area contributed by atoms with Crippen LogP contribution in [0, 0.1) is 5.92 Å². The molecule has 2 atom stereocenters. The number of likely N-dealkylation sites (tertiary alicyclic amines) is 1. The van der Waals surface area contributed by atoms with Gasteiger partial charge in [0, 0.05) is 12.6 Å². The number of rotatable bonds is 3. The topological polar surface area (TPSA) is 53.7 Å². The second kappa shape index (κ2) is 5.53. The lowest BCUT2D eigenvalue weighted by Crippen LogP contribution is -2.65. The minimum Gasteiger partial charge on any atom is -0.502 e. The summed E-state index contributed by atoms with van der Waals surface area (Å²) < 4.78 is 5.41. The van der Waals surface area contributed by atoms with E-state index in [1.165, 1.54) is 30.9 Å². The van der Waals surface area contributed by atoms with Crippen molar-refractivity contribution in [1.29, 1.82) is 0 Å². The molecule has 2 aliphatic rings. The molecule has 1 aromatic carbocycles. The van der Waals surface area contributed by atoms with E-state index in [-0.39, 0.29) is 16.7 Å². The number of nitrogens with zero attached hydrogens (tertiary/aromatic N) is 1. The molecular weight excluding hydrogens is 290 g/mol. The number of hydrogen-bond acceptors (Lipinski definition) is 4. The summed E-state index contributed by atoms with van der Waals surface area (Å²) in [6.45, 7) is 1.65. The van der Waals surface area contributed by atoms with Gasteiger partial charge in [0.2, 0.25) is 5.43 Å². The summed E-state index contributed by atoms with van der Waals surface area (Å²) in [6, 6.07) is 12.1. The molecule has 120 valence electrons. The fourth-order valence-electron chi connectivity index (χ4n) is 4.41. The van der Waals surface area contributed by atoms with Crippen LogP contribution in [0.4, 0.5) is 0 Å². The van der Waals surface area contributed by atoms with E-state index in [4.69, 9.17) is 4.42 Å². The van der Waals surface area contributed by atoms with Crippen molar-refractivity contribution in [2.75, 3.05) is 6.54 Å². The summed E-state index contributed by atoms with van der Waals surface area (Å²) in [5.41, 5.74) is 1.08. The molecule has 1 saturated heterocycles. The Morgan fingerprint density at radius 1 is 1.26 bits per heavy atom. The van der Waals surface area contributed by atoms with Crippen LogP contribution in [-0.2, 0) is 12.1 Å². The van der Waals surface area contributed by atoms with E-state index < -0.39 is 0 Å². The van der Waals surface area contributed by atoms with Crippen molar-refractivity contribution >= 4 is 0 Å². The van der Waals surface area contributed by atoms with Crippen molar-refractivity contribution in [2.24, 2.45) is 5.92 Å². The lowest BCUT2D eigenvalue weighted by Gasteiger charge is -2.61. The summed E-state index contributed by atoms with van der Waals surface area (Å²) in [7, 11) is 0. The van der Waals surface area contributed by atoms with Gasteiger partial charge in [-0.15, -0.1) is 0 Å². The van der Waals surface area contributed by atoms with Gasteiger partial charge in [0.1, 0.15) is 12.0 Å². The molecule has 4 heteroatoms. The summed E-state index contributed by atoms with van der Waals surface area (Å²) in [4.78, 5) is 14.1. The zero-order valence-electron chi connectivity index (χ0n) is 13.1. The van der Waals surface area contributed by atoms with Gasteiger partial charge in [0.15, 0.2) is 5.75 Å². The molecule has 0 unspecified atom stereocenters. The Kier molecular flexibility index (Phi) is 3.49. The standard InChI is InChI=1S/C19H21NO3/c21-17-10-16(23-13-18(17)22)12-20-11-15-8-4-5-9-19(15,20)14-6-2-1-3-7-14/h1-3,6-7,10,13,15,22H,4-5,8-9,11-12H2/t15-,19+/m0/s1. The summed E-state index contributed by atoms with van der Waals surface area (Å²) in [6.07, 6.45) is 6.11. The van der Waals surface area contributed by atoms with E-state index in [0.29, 0.717) is 18.2 Å². The Morgan fingerprint density at radius 2 is 2.09 bits per heavy atom. The van der Waals surface area contributed by atoms with Crippen LogP contribution in [-0.4, -0.2) is 16.6 Å². The molecule has 0 amide bonds. The Hall–Kier alpha value is -2.07. The molecule has 2 aromatic rings. The molecule has 23 heavy (non-hydrogen) atoms. The number of aromatic hydroxyl groups is 1. The third-order valence-electron chi connectivity index (χ3n) is 5.53. The van der Waals surface area contributed by atoms with Crippen molar-refractivity contribution in [3.63, 3.8) is 0 Å². The molecule has 2 fully saturated rings. The van der Waals surface area contributed by atoms with E-state index in [2.05, 4.69) is 35.2 Å². The SMILES string of the molecule is O=c1cc(CN2C[C@@H]3CCCC[C@@]32c2ccccc2)occ1O. The van der Waals surface area contributed by atoms with E-state index >= 15 is 0 Å². The minimum atomic E-state index is -0.374. The first-order valence-electron chi connectivity index (χ1n) is 8.31. The zero-order valence-corrected chi connectivity index (χ0v) is 13.1. The zero-order chi connectivity index (χ0) is 15.9. The van der Waals surface area contributed by atoms with Crippen LogP contribution in [0.3, 0.4) is 0 Å². The largest absolute Gasteiger partial charge is 0.502 e. The second-order valence-electron chi connectivity index (χ2n) is 6.71. The number of fused-ring (bicyclic) bond motifs is 1. The average Bonchev–Trinajstić information content (AvgIpc) is 2.57.